The predicted molar refractivity (Wildman–Crippen MR) is 118 cm³/mol. The molecule has 32 heavy (non-hydrogen) atoms. The number of anilines is 3. The normalized spacial score (nSPS) is 14.6. The van der Waals surface area contributed by atoms with Crippen LogP contribution in [0.3, 0.4) is 0 Å². The fourth-order valence-electron chi connectivity index (χ4n) is 2.90. The number of ether oxygens (including phenoxy) is 1. The van der Waals surface area contributed by atoms with Crippen LogP contribution in [0.15, 0.2) is 41.8 Å². The van der Waals surface area contributed by atoms with Gasteiger partial charge >= 0.3 is 0 Å². The summed E-state index contributed by atoms with van der Waals surface area (Å²) in [6.07, 6.45) is 7.11. The lowest BCUT2D eigenvalue weighted by Crippen LogP contribution is -2.38. The zero-order valence-corrected chi connectivity index (χ0v) is 17.7. The van der Waals surface area contributed by atoms with Crippen molar-refractivity contribution < 1.29 is 14.3 Å². The Morgan fingerprint density at radius 2 is 1.94 bits per heavy atom. The van der Waals surface area contributed by atoms with Gasteiger partial charge in [0.15, 0.2) is 11.5 Å². The van der Waals surface area contributed by atoms with E-state index in [0.717, 1.165) is 6.20 Å². The number of nitrogens with zero attached hydrogens (tertiary/aromatic N) is 6. The summed E-state index contributed by atoms with van der Waals surface area (Å²) in [5, 5.41) is 8.03. The first-order valence-electron chi connectivity index (χ1n) is 9.71. The number of nitrogens with one attached hydrogen (secondary N) is 3. The van der Waals surface area contributed by atoms with Crippen molar-refractivity contribution in [1.82, 2.24) is 30.6 Å². The van der Waals surface area contributed by atoms with Gasteiger partial charge in [-0.15, -0.1) is 0 Å². The van der Waals surface area contributed by atoms with Crippen molar-refractivity contribution >= 4 is 34.8 Å². The van der Waals surface area contributed by atoms with Crippen LogP contribution in [0, 0.1) is 0 Å². The second kappa shape index (κ2) is 10.8. The van der Waals surface area contributed by atoms with E-state index in [1.54, 1.807) is 6.20 Å². The molecule has 0 aromatic carbocycles. The highest BCUT2D eigenvalue weighted by atomic mass is 16.5. The maximum Gasteiger partial charge on any atom is 0.278 e. The zero-order valence-electron chi connectivity index (χ0n) is 17.7. The highest BCUT2D eigenvalue weighted by Gasteiger charge is 2.23. The molecule has 13 heteroatoms. The Bertz CT molecular complexity index is 1020. The fraction of sp³-hybridized carbons (Fsp3) is 0.316. The molecule has 0 spiro atoms. The number of aliphatic imine (C=N–C) groups is 1. The average molecular weight is 440 g/mol. The molecule has 0 bridgehead atoms. The molecule has 0 radical (unpaired) electrons. The van der Waals surface area contributed by atoms with E-state index in [9.17, 15) is 9.59 Å². The number of hydrogen-bond acceptors (Lipinski definition) is 11. The maximum atomic E-state index is 13.2. The summed E-state index contributed by atoms with van der Waals surface area (Å²) in [5.41, 5.74) is 6.15. The van der Waals surface area contributed by atoms with Crippen LogP contribution in [0.25, 0.3) is 0 Å². The van der Waals surface area contributed by atoms with E-state index >= 15 is 0 Å². The third-order valence-corrected chi connectivity index (χ3v) is 4.47. The van der Waals surface area contributed by atoms with Gasteiger partial charge < -0.3 is 31.3 Å². The summed E-state index contributed by atoms with van der Waals surface area (Å²) in [6, 6.07) is 0. The summed E-state index contributed by atoms with van der Waals surface area (Å²) >= 11 is 0. The van der Waals surface area contributed by atoms with Gasteiger partial charge in [-0.3, -0.25) is 14.6 Å². The Morgan fingerprint density at radius 1 is 1.22 bits per heavy atom. The number of morpholine rings is 1. The molecule has 2 aromatic heterocycles. The van der Waals surface area contributed by atoms with Crippen molar-refractivity contribution in [2.45, 2.75) is 0 Å². The molecule has 1 saturated heterocycles. The first kappa shape index (κ1) is 22.6. The van der Waals surface area contributed by atoms with E-state index in [4.69, 9.17) is 10.5 Å². The summed E-state index contributed by atoms with van der Waals surface area (Å²) in [6.45, 7) is 2.33. The Labute approximate surface area is 184 Å². The van der Waals surface area contributed by atoms with Gasteiger partial charge in [0.05, 0.1) is 43.2 Å². The molecule has 1 aliphatic rings. The Hall–Kier alpha value is -4.13. The number of rotatable bonds is 7. The smallest absolute Gasteiger partial charge is 0.278 e. The first-order valence-corrected chi connectivity index (χ1v) is 9.71. The highest BCUT2D eigenvalue weighted by molar-refractivity contribution is 6.45. The molecular weight excluding hydrogens is 416 g/mol. The molecule has 3 heterocycles. The van der Waals surface area contributed by atoms with Gasteiger partial charge in [-0.25, -0.2) is 19.9 Å². The summed E-state index contributed by atoms with van der Waals surface area (Å²) < 4.78 is 5.37. The molecule has 1 fully saturated rings. The molecule has 0 atom stereocenters. The third-order valence-electron chi connectivity index (χ3n) is 4.47. The number of nitrogens with two attached hydrogens (primary N) is 1. The first-order chi connectivity index (χ1) is 15.6. The van der Waals surface area contributed by atoms with Crippen LogP contribution in [0.4, 0.5) is 17.3 Å². The summed E-state index contributed by atoms with van der Waals surface area (Å²) in [7, 11) is 2.87. The van der Waals surface area contributed by atoms with E-state index < -0.39 is 11.8 Å². The maximum absolute atomic E-state index is 13.2. The molecule has 168 valence electrons. The van der Waals surface area contributed by atoms with Crippen LogP contribution in [-0.2, 0) is 9.53 Å². The van der Waals surface area contributed by atoms with Crippen molar-refractivity contribution in [2.75, 3.05) is 50.6 Å². The van der Waals surface area contributed by atoms with Crippen LogP contribution in [0.2, 0.25) is 0 Å². The molecule has 0 aliphatic carbocycles. The number of hydrogen-bond donors (Lipinski definition) is 4. The van der Waals surface area contributed by atoms with E-state index in [1.165, 1.54) is 32.8 Å². The molecule has 2 amide bonds. The van der Waals surface area contributed by atoms with Crippen LogP contribution < -0.4 is 26.6 Å². The van der Waals surface area contributed by atoms with Crippen molar-refractivity contribution in [3.05, 3.63) is 42.5 Å². The molecule has 13 nitrogen and oxygen atoms in total. The van der Waals surface area contributed by atoms with E-state index in [2.05, 4.69) is 40.9 Å². The van der Waals surface area contributed by atoms with Gasteiger partial charge in [-0.2, -0.15) is 0 Å². The van der Waals surface area contributed by atoms with Gasteiger partial charge in [0.25, 0.3) is 11.8 Å². The van der Waals surface area contributed by atoms with Crippen molar-refractivity contribution in [3.8, 4) is 0 Å². The molecule has 0 saturated carbocycles. The summed E-state index contributed by atoms with van der Waals surface area (Å²) in [5.74, 6) is -0.436. The van der Waals surface area contributed by atoms with Crippen molar-refractivity contribution in [2.24, 2.45) is 10.7 Å². The van der Waals surface area contributed by atoms with Gasteiger partial charge in [0, 0.05) is 33.4 Å². The molecule has 5 N–H and O–H groups in total. The monoisotopic (exact) mass is 440 g/mol. The number of carbonyl (C=O) groups excluding carboxylic acids is 2. The van der Waals surface area contributed by atoms with Gasteiger partial charge in [0.1, 0.15) is 17.9 Å². The van der Waals surface area contributed by atoms with Gasteiger partial charge in [-0.05, 0) is 0 Å². The van der Waals surface area contributed by atoms with Crippen molar-refractivity contribution in [3.63, 3.8) is 0 Å². The molecular formula is C19H24N10O3. The van der Waals surface area contributed by atoms with Crippen LogP contribution in [-0.4, -0.2) is 77.9 Å². The lowest BCUT2D eigenvalue weighted by Gasteiger charge is -2.28. The molecule has 2 aromatic rings. The number of carbonyl (C=O) groups is 2. The highest BCUT2D eigenvalue weighted by Crippen LogP contribution is 2.21. The minimum Gasteiger partial charge on any atom is -0.403 e. The molecule has 0 unspecified atom stereocenters. The van der Waals surface area contributed by atoms with E-state index in [0.29, 0.717) is 37.8 Å². The lowest BCUT2D eigenvalue weighted by atomic mass is 10.2. The lowest BCUT2D eigenvalue weighted by molar-refractivity contribution is -0.114. The molecule has 1 aliphatic heterocycles. The second-order valence-corrected chi connectivity index (χ2v) is 6.46. The minimum atomic E-state index is -0.631. The quantitative estimate of drug-likeness (QED) is 0.399. The van der Waals surface area contributed by atoms with Crippen LogP contribution in [0.1, 0.15) is 10.5 Å². The third kappa shape index (κ3) is 5.31. The number of aromatic nitrogens is 4. The Morgan fingerprint density at radius 3 is 2.56 bits per heavy atom. The van der Waals surface area contributed by atoms with Crippen LogP contribution >= 0.6 is 0 Å². The van der Waals surface area contributed by atoms with Gasteiger partial charge in [0.2, 0.25) is 0 Å². The van der Waals surface area contributed by atoms with Crippen molar-refractivity contribution in [1.29, 1.82) is 0 Å². The topological polar surface area (TPSA) is 173 Å². The SMILES string of the molecule is CN=C(C(=O)NC)C(=CN)NC(=O)c1nc(N2CCOCC2)cnc1Nc1cncnc1. The zero-order chi connectivity index (χ0) is 22.9. The predicted octanol–water partition coefficient (Wildman–Crippen LogP) is -0.806. The second-order valence-electron chi connectivity index (χ2n) is 6.46. The fourth-order valence-corrected chi connectivity index (χ4v) is 2.90. The largest absolute Gasteiger partial charge is 0.403 e. The van der Waals surface area contributed by atoms with E-state index in [1.807, 2.05) is 4.90 Å². The average Bonchev–Trinajstić information content (AvgIpc) is 2.84. The molecule has 3 rings (SSSR count). The minimum absolute atomic E-state index is 0.00967. The van der Waals surface area contributed by atoms with E-state index in [-0.39, 0.29) is 22.9 Å². The standard InChI is InChI=1S/C19H24N10O3/c1-21-15(18(30)22-2)13(7-20)27-19(31)16-17(26-12-8-23-11-24-9-12)25-10-14(28-16)29-3-5-32-6-4-29/h7-11H,3-6,20H2,1-2H3,(H,22,30)(H,25,26)(H,27,31). The Kier molecular flexibility index (Phi) is 7.59. The van der Waals surface area contributed by atoms with Crippen LogP contribution in [0.5, 0.6) is 0 Å². The van der Waals surface area contributed by atoms with Gasteiger partial charge in [-0.1, -0.05) is 0 Å². The summed E-state index contributed by atoms with van der Waals surface area (Å²) in [4.78, 5) is 47.9. The number of amides is 2. The Balaban J connectivity index is 1.94.